The Kier molecular flexibility index (Phi) is 4.16. The van der Waals surface area contributed by atoms with Gasteiger partial charge in [-0.25, -0.2) is 0 Å². The largest absolute Gasteiger partial charge is 0.343 e. The number of hydrogen-bond donors (Lipinski definition) is 0. The van der Waals surface area contributed by atoms with Crippen molar-refractivity contribution >= 4 is 10.9 Å². The van der Waals surface area contributed by atoms with E-state index in [1.807, 2.05) is 0 Å². The Bertz CT molecular complexity index is 1040. The van der Waals surface area contributed by atoms with Gasteiger partial charge in [0.2, 0.25) is 0 Å². The highest BCUT2D eigenvalue weighted by atomic mass is 15.0. The third-order valence-corrected chi connectivity index (χ3v) is 5.40. The van der Waals surface area contributed by atoms with E-state index in [-0.39, 0.29) is 5.41 Å². The normalized spacial score (nSPS) is 11.8. The molecule has 0 saturated carbocycles. The van der Waals surface area contributed by atoms with Gasteiger partial charge in [0.05, 0.1) is 0 Å². The first-order valence-corrected chi connectivity index (χ1v) is 9.25. The molecule has 3 aromatic carbocycles. The number of aromatic nitrogens is 1. The molecule has 1 nitrogen and oxygen atoms in total. The molecule has 1 heterocycles. The second-order valence-electron chi connectivity index (χ2n) is 7.67. The van der Waals surface area contributed by atoms with E-state index in [1.165, 1.54) is 33.2 Å². The molecule has 0 saturated heterocycles. The molecule has 4 rings (SSSR count). The minimum atomic E-state index is -0.0481. The van der Waals surface area contributed by atoms with E-state index >= 15 is 0 Å². The maximum atomic E-state index is 2.39. The zero-order chi connectivity index (χ0) is 18.1. The van der Waals surface area contributed by atoms with E-state index in [0.29, 0.717) is 0 Å². The van der Waals surface area contributed by atoms with Crippen molar-refractivity contribution < 1.29 is 0 Å². The van der Waals surface area contributed by atoms with Gasteiger partial charge in [-0.1, -0.05) is 92.2 Å². The number of hydrogen-bond acceptors (Lipinski definition) is 0. The van der Waals surface area contributed by atoms with Crippen LogP contribution in [0.25, 0.3) is 10.9 Å². The van der Waals surface area contributed by atoms with Crippen LogP contribution in [0, 0.1) is 6.92 Å². The fraction of sp³-hybridized carbons (Fsp3) is 0.200. The molecule has 130 valence electrons. The molecule has 0 N–H and O–H groups in total. The van der Waals surface area contributed by atoms with Gasteiger partial charge in [-0.3, -0.25) is 0 Å². The first kappa shape index (κ1) is 16.7. The van der Waals surface area contributed by atoms with Crippen LogP contribution in [-0.2, 0) is 12.0 Å². The maximum absolute atomic E-state index is 2.39. The van der Waals surface area contributed by atoms with E-state index in [2.05, 4.69) is 110 Å². The number of benzene rings is 3. The standard InChI is InChI=1S/C25H25N/c1-19-10-9-13-21(16-19)25(2,3)23-18-26(17-20-11-5-4-6-12-20)24-15-8-7-14-22(23)24/h4-16,18H,17H2,1-3H3. The average Bonchev–Trinajstić information content (AvgIpc) is 3.02. The summed E-state index contributed by atoms with van der Waals surface area (Å²) in [6, 6.07) is 28.3. The van der Waals surface area contributed by atoms with Crippen molar-refractivity contribution in [3.63, 3.8) is 0 Å². The Morgan fingerprint density at radius 2 is 1.54 bits per heavy atom. The lowest BCUT2D eigenvalue weighted by Gasteiger charge is -2.25. The second kappa shape index (κ2) is 6.49. The van der Waals surface area contributed by atoms with Crippen LogP contribution >= 0.6 is 0 Å². The van der Waals surface area contributed by atoms with E-state index in [9.17, 15) is 0 Å². The highest BCUT2D eigenvalue weighted by Gasteiger charge is 2.27. The van der Waals surface area contributed by atoms with Crippen LogP contribution in [0.1, 0.15) is 36.1 Å². The Hall–Kier alpha value is -2.80. The number of para-hydroxylation sites is 1. The molecule has 1 heteroatoms. The van der Waals surface area contributed by atoms with Gasteiger partial charge in [0.25, 0.3) is 0 Å². The van der Waals surface area contributed by atoms with Crippen molar-refractivity contribution in [2.45, 2.75) is 32.7 Å². The smallest absolute Gasteiger partial charge is 0.0486 e. The summed E-state index contributed by atoms with van der Waals surface area (Å²) in [5, 5.41) is 1.34. The molecule has 4 aromatic rings. The number of fused-ring (bicyclic) bond motifs is 1. The molecular formula is C25H25N. The summed E-state index contributed by atoms with van der Waals surface area (Å²) in [4.78, 5) is 0. The highest BCUT2D eigenvalue weighted by Crippen LogP contribution is 2.37. The van der Waals surface area contributed by atoms with Gasteiger partial charge in [-0.05, 0) is 29.7 Å². The zero-order valence-corrected chi connectivity index (χ0v) is 15.7. The molecule has 0 bridgehead atoms. The highest BCUT2D eigenvalue weighted by molar-refractivity contribution is 5.85. The van der Waals surface area contributed by atoms with Gasteiger partial charge in [0, 0.05) is 29.1 Å². The van der Waals surface area contributed by atoms with Crippen molar-refractivity contribution in [3.05, 3.63) is 107 Å². The van der Waals surface area contributed by atoms with Crippen molar-refractivity contribution in [1.82, 2.24) is 4.57 Å². The Morgan fingerprint density at radius 3 is 2.31 bits per heavy atom. The van der Waals surface area contributed by atoms with Crippen LogP contribution < -0.4 is 0 Å². The molecule has 0 unspecified atom stereocenters. The van der Waals surface area contributed by atoms with Gasteiger partial charge >= 0.3 is 0 Å². The van der Waals surface area contributed by atoms with E-state index in [1.54, 1.807) is 0 Å². The fourth-order valence-electron chi connectivity index (χ4n) is 3.85. The molecule has 0 aliphatic carbocycles. The molecule has 0 aliphatic rings. The van der Waals surface area contributed by atoms with Gasteiger partial charge in [0.1, 0.15) is 0 Å². The summed E-state index contributed by atoms with van der Waals surface area (Å²) < 4.78 is 2.39. The summed E-state index contributed by atoms with van der Waals surface area (Å²) in [5.41, 5.74) is 6.63. The minimum Gasteiger partial charge on any atom is -0.343 e. The Morgan fingerprint density at radius 1 is 0.808 bits per heavy atom. The molecule has 0 fully saturated rings. The van der Waals surface area contributed by atoms with Crippen LogP contribution in [0.2, 0.25) is 0 Å². The molecule has 1 aromatic heterocycles. The molecular weight excluding hydrogens is 314 g/mol. The SMILES string of the molecule is Cc1cccc(C(C)(C)c2cn(Cc3ccccc3)c3ccccc23)c1. The van der Waals surface area contributed by atoms with Crippen LogP contribution in [0.3, 0.4) is 0 Å². The summed E-state index contributed by atoms with van der Waals surface area (Å²) in [7, 11) is 0. The molecule has 0 spiro atoms. The summed E-state index contributed by atoms with van der Waals surface area (Å²) in [6.45, 7) is 7.72. The monoisotopic (exact) mass is 339 g/mol. The lowest BCUT2D eigenvalue weighted by molar-refractivity contribution is 0.641. The maximum Gasteiger partial charge on any atom is 0.0486 e. The van der Waals surface area contributed by atoms with Crippen molar-refractivity contribution in [2.75, 3.05) is 0 Å². The third kappa shape index (κ3) is 2.94. The average molecular weight is 339 g/mol. The summed E-state index contributed by atoms with van der Waals surface area (Å²) in [5.74, 6) is 0. The van der Waals surface area contributed by atoms with Gasteiger partial charge in [-0.2, -0.15) is 0 Å². The summed E-state index contributed by atoms with van der Waals surface area (Å²) in [6.07, 6.45) is 2.35. The fourth-order valence-corrected chi connectivity index (χ4v) is 3.85. The Labute approximate surface area is 155 Å². The Balaban J connectivity index is 1.85. The second-order valence-corrected chi connectivity index (χ2v) is 7.67. The van der Waals surface area contributed by atoms with E-state index < -0.39 is 0 Å². The lowest BCUT2D eigenvalue weighted by Crippen LogP contribution is -2.18. The number of rotatable bonds is 4. The zero-order valence-electron chi connectivity index (χ0n) is 15.7. The number of nitrogens with zero attached hydrogens (tertiary/aromatic N) is 1. The predicted octanol–water partition coefficient (Wildman–Crippen LogP) is 6.32. The quantitative estimate of drug-likeness (QED) is 0.410. The van der Waals surface area contributed by atoms with E-state index in [0.717, 1.165) is 6.54 Å². The lowest BCUT2D eigenvalue weighted by atomic mass is 9.77. The van der Waals surface area contributed by atoms with Crippen molar-refractivity contribution in [1.29, 1.82) is 0 Å². The van der Waals surface area contributed by atoms with Crippen LogP contribution in [-0.4, -0.2) is 4.57 Å². The van der Waals surface area contributed by atoms with Gasteiger partial charge < -0.3 is 4.57 Å². The van der Waals surface area contributed by atoms with Gasteiger partial charge in [0.15, 0.2) is 0 Å². The molecule has 0 atom stereocenters. The third-order valence-electron chi connectivity index (χ3n) is 5.40. The molecule has 0 aliphatic heterocycles. The number of aryl methyl sites for hydroxylation is 1. The topological polar surface area (TPSA) is 4.93 Å². The first-order valence-electron chi connectivity index (χ1n) is 9.25. The van der Waals surface area contributed by atoms with Crippen molar-refractivity contribution in [3.8, 4) is 0 Å². The predicted molar refractivity (Wildman–Crippen MR) is 111 cm³/mol. The van der Waals surface area contributed by atoms with Crippen LogP contribution in [0.4, 0.5) is 0 Å². The molecule has 0 amide bonds. The van der Waals surface area contributed by atoms with Gasteiger partial charge in [-0.15, -0.1) is 0 Å². The van der Waals surface area contributed by atoms with Crippen LogP contribution in [0.5, 0.6) is 0 Å². The minimum absolute atomic E-state index is 0.0481. The van der Waals surface area contributed by atoms with Crippen LogP contribution in [0.15, 0.2) is 85.1 Å². The van der Waals surface area contributed by atoms with Crippen molar-refractivity contribution in [2.24, 2.45) is 0 Å². The molecule has 0 radical (unpaired) electrons. The molecule has 26 heavy (non-hydrogen) atoms. The summed E-state index contributed by atoms with van der Waals surface area (Å²) >= 11 is 0. The first-order chi connectivity index (χ1) is 12.6. The van der Waals surface area contributed by atoms with E-state index in [4.69, 9.17) is 0 Å².